The van der Waals surface area contributed by atoms with E-state index in [1.165, 1.54) is 39.4 Å². The summed E-state index contributed by atoms with van der Waals surface area (Å²) >= 11 is 6.28. The van der Waals surface area contributed by atoms with Crippen LogP contribution in [0.2, 0.25) is 5.02 Å². The number of benzene rings is 3. The van der Waals surface area contributed by atoms with Crippen molar-refractivity contribution in [1.29, 1.82) is 0 Å². The molecule has 3 aromatic rings. The third-order valence-electron chi connectivity index (χ3n) is 6.18. The maximum absolute atomic E-state index is 13.4. The van der Waals surface area contributed by atoms with Crippen LogP contribution in [0.25, 0.3) is 5.76 Å². The summed E-state index contributed by atoms with van der Waals surface area (Å²) in [5.41, 5.74) is 2.08. The number of Topliss-reactive ketones (excluding diaryl/α,β-unsaturated/α-hetero) is 1. The van der Waals surface area contributed by atoms with Gasteiger partial charge in [-0.2, -0.15) is 0 Å². The molecule has 1 amide bonds. The van der Waals surface area contributed by atoms with Crippen LogP contribution < -0.4 is 23.8 Å². The minimum absolute atomic E-state index is 0.110. The van der Waals surface area contributed by atoms with Gasteiger partial charge in [0.05, 0.1) is 45.1 Å². The number of hydrogen-bond acceptors (Lipinski definition) is 7. The maximum atomic E-state index is 13.4. The first-order chi connectivity index (χ1) is 17.7. The van der Waals surface area contributed by atoms with E-state index in [2.05, 4.69) is 0 Å². The molecule has 0 radical (unpaired) electrons. The minimum atomic E-state index is -1.00. The Morgan fingerprint density at radius 3 is 1.95 bits per heavy atom. The highest BCUT2D eigenvalue weighted by Crippen LogP contribution is 2.47. The molecule has 3 aromatic carbocycles. The van der Waals surface area contributed by atoms with Crippen LogP contribution in [0, 0.1) is 6.92 Å². The van der Waals surface area contributed by atoms with E-state index in [0.717, 1.165) is 5.56 Å². The molecule has 1 fully saturated rings. The molecule has 8 nitrogen and oxygen atoms in total. The Morgan fingerprint density at radius 2 is 1.43 bits per heavy atom. The molecule has 0 saturated carbocycles. The fourth-order valence-corrected chi connectivity index (χ4v) is 4.61. The summed E-state index contributed by atoms with van der Waals surface area (Å²) < 4.78 is 21.6. The molecule has 0 aliphatic carbocycles. The Hall–Kier alpha value is -4.17. The number of aliphatic hydroxyl groups excluding tert-OH is 1. The van der Waals surface area contributed by atoms with Crippen molar-refractivity contribution >= 4 is 34.7 Å². The third kappa shape index (κ3) is 4.56. The predicted octanol–water partition coefficient (Wildman–Crippen LogP) is 5.31. The highest BCUT2D eigenvalue weighted by Gasteiger charge is 2.47. The summed E-state index contributed by atoms with van der Waals surface area (Å²) in [6.07, 6.45) is 0. The molecular weight excluding hydrogens is 498 g/mol. The van der Waals surface area contributed by atoms with Gasteiger partial charge in [-0.25, -0.2) is 0 Å². The van der Waals surface area contributed by atoms with E-state index in [-0.39, 0.29) is 21.9 Å². The van der Waals surface area contributed by atoms with E-state index >= 15 is 0 Å². The van der Waals surface area contributed by atoms with Crippen molar-refractivity contribution in [1.82, 2.24) is 0 Å². The first-order valence-electron chi connectivity index (χ1n) is 11.3. The Labute approximate surface area is 219 Å². The Bertz CT molecular complexity index is 1370. The summed E-state index contributed by atoms with van der Waals surface area (Å²) in [7, 11) is 5.89. The molecule has 4 rings (SSSR count). The zero-order valence-electron chi connectivity index (χ0n) is 21.0. The van der Waals surface area contributed by atoms with Gasteiger partial charge < -0.3 is 24.1 Å². The van der Waals surface area contributed by atoms with Gasteiger partial charge in [-0.3, -0.25) is 14.5 Å². The second kappa shape index (κ2) is 10.4. The molecule has 0 spiro atoms. The fourth-order valence-electron chi connectivity index (χ4n) is 4.35. The number of rotatable bonds is 7. The van der Waals surface area contributed by atoms with Crippen molar-refractivity contribution in [3.63, 3.8) is 0 Å². The molecular formula is C28H26ClNO7. The fraction of sp³-hybridized carbons (Fsp3) is 0.214. The summed E-state index contributed by atoms with van der Waals surface area (Å²) in [6.45, 7) is 1.92. The lowest BCUT2D eigenvalue weighted by Gasteiger charge is -2.26. The Kier molecular flexibility index (Phi) is 7.31. The van der Waals surface area contributed by atoms with E-state index in [0.29, 0.717) is 34.2 Å². The Balaban J connectivity index is 2.01. The summed E-state index contributed by atoms with van der Waals surface area (Å²) in [5.74, 6) is -0.594. The van der Waals surface area contributed by atoms with E-state index in [1.54, 1.807) is 36.4 Å². The highest BCUT2D eigenvalue weighted by molar-refractivity contribution is 6.51. The molecule has 37 heavy (non-hydrogen) atoms. The first-order valence-corrected chi connectivity index (χ1v) is 11.6. The number of halogens is 1. The van der Waals surface area contributed by atoms with E-state index in [9.17, 15) is 14.7 Å². The van der Waals surface area contributed by atoms with Crippen LogP contribution in [-0.4, -0.2) is 45.2 Å². The molecule has 1 aliphatic heterocycles. The second-order valence-corrected chi connectivity index (χ2v) is 8.72. The standard InChI is InChI=1S/C28H26ClNO7/c1-15-6-9-18(10-7-15)30-24(17-13-21(35-3)27(37-5)22(14-17)36-4)23(26(32)28(30)33)25(31)16-8-11-20(34-2)19(29)12-16/h6-14,24,31H,1-5H3/b25-23+. The predicted molar refractivity (Wildman–Crippen MR) is 140 cm³/mol. The number of carbonyl (C=O) groups excluding carboxylic acids is 2. The van der Waals surface area contributed by atoms with Crippen molar-refractivity contribution in [2.45, 2.75) is 13.0 Å². The molecule has 1 aliphatic rings. The van der Waals surface area contributed by atoms with Crippen molar-refractivity contribution in [3.05, 3.63) is 81.9 Å². The van der Waals surface area contributed by atoms with Gasteiger partial charge in [0.15, 0.2) is 11.5 Å². The number of anilines is 1. The molecule has 9 heteroatoms. The van der Waals surface area contributed by atoms with Gasteiger partial charge in [-0.15, -0.1) is 0 Å². The molecule has 1 heterocycles. The van der Waals surface area contributed by atoms with Gasteiger partial charge >= 0.3 is 0 Å². The van der Waals surface area contributed by atoms with Gasteiger partial charge in [0.2, 0.25) is 5.75 Å². The van der Waals surface area contributed by atoms with Crippen molar-refractivity contribution < 1.29 is 33.6 Å². The number of nitrogens with zero attached hydrogens (tertiary/aromatic N) is 1. The zero-order chi connectivity index (χ0) is 26.9. The SMILES string of the molecule is COc1ccc(/C(O)=C2\C(=O)C(=O)N(c3ccc(C)cc3)C2c2cc(OC)c(OC)c(OC)c2)cc1Cl. The summed E-state index contributed by atoms with van der Waals surface area (Å²) in [4.78, 5) is 28.2. The molecule has 1 atom stereocenters. The highest BCUT2D eigenvalue weighted by atomic mass is 35.5. The van der Waals surface area contributed by atoms with Crippen LogP contribution in [-0.2, 0) is 9.59 Å². The van der Waals surface area contributed by atoms with Crippen LogP contribution >= 0.6 is 11.6 Å². The maximum Gasteiger partial charge on any atom is 0.300 e. The number of hydrogen-bond donors (Lipinski definition) is 1. The normalized spacial score (nSPS) is 16.6. The largest absolute Gasteiger partial charge is 0.507 e. The van der Waals surface area contributed by atoms with Gasteiger partial charge in [0.1, 0.15) is 11.5 Å². The van der Waals surface area contributed by atoms with E-state index in [1.807, 2.05) is 19.1 Å². The lowest BCUT2D eigenvalue weighted by Crippen LogP contribution is -2.29. The van der Waals surface area contributed by atoms with E-state index in [4.69, 9.17) is 30.5 Å². The number of carbonyl (C=O) groups is 2. The second-order valence-electron chi connectivity index (χ2n) is 8.31. The number of aliphatic hydroxyl groups is 1. The lowest BCUT2D eigenvalue weighted by molar-refractivity contribution is -0.132. The van der Waals surface area contributed by atoms with Crippen molar-refractivity contribution in [3.8, 4) is 23.0 Å². The molecule has 1 N–H and O–H groups in total. The molecule has 1 unspecified atom stereocenters. The number of ketones is 1. The summed E-state index contributed by atoms with van der Waals surface area (Å²) in [6, 6.07) is 14.1. The van der Waals surface area contributed by atoms with Crippen LogP contribution in [0.15, 0.2) is 60.2 Å². The first kappa shape index (κ1) is 25.9. The van der Waals surface area contributed by atoms with Crippen molar-refractivity contribution in [2.75, 3.05) is 33.3 Å². The average Bonchev–Trinajstić information content (AvgIpc) is 3.17. The lowest BCUT2D eigenvalue weighted by atomic mass is 9.94. The minimum Gasteiger partial charge on any atom is -0.507 e. The van der Waals surface area contributed by atoms with Crippen LogP contribution in [0.5, 0.6) is 23.0 Å². The number of ether oxygens (including phenoxy) is 4. The number of aryl methyl sites for hydroxylation is 1. The summed E-state index contributed by atoms with van der Waals surface area (Å²) in [5, 5.41) is 11.6. The molecule has 0 bridgehead atoms. The van der Waals surface area contributed by atoms with Gasteiger partial charge in [0, 0.05) is 11.3 Å². The van der Waals surface area contributed by atoms with Gasteiger partial charge in [0.25, 0.3) is 11.7 Å². The molecule has 1 saturated heterocycles. The topological polar surface area (TPSA) is 94.5 Å². The molecule has 0 aromatic heterocycles. The quantitative estimate of drug-likeness (QED) is 0.255. The van der Waals surface area contributed by atoms with Crippen LogP contribution in [0.3, 0.4) is 0 Å². The number of methoxy groups -OCH3 is 4. The zero-order valence-corrected chi connectivity index (χ0v) is 21.8. The smallest absolute Gasteiger partial charge is 0.300 e. The van der Waals surface area contributed by atoms with Gasteiger partial charge in [-0.1, -0.05) is 29.3 Å². The average molecular weight is 524 g/mol. The van der Waals surface area contributed by atoms with E-state index < -0.39 is 17.7 Å². The monoisotopic (exact) mass is 523 g/mol. The van der Waals surface area contributed by atoms with Crippen LogP contribution in [0.1, 0.15) is 22.7 Å². The Morgan fingerprint density at radius 1 is 0.838 bits per heavy atom. The molecule has 192 valence electrons. The van der Waals surface area contributed by atoms with Crippen molar-refractivity contribution in [2.24, 2.45) is 0 Å². The number of amides is 1. The van der Waals surface area contributed by atoms with Gasteiger partial charge in [-0.05, 0) is 55.0 Å². The van der Waals surface area contributed by atoms with Crippen LogP contribution in [0.4, 0.5) is 5.69 Å². The third-order valence-corrected chi connectivity index (χ3v) is 6.48.